The van der Waals surface area contributed by atoms with E-state index in [4.69, 9.17) is 0 Å². The summed E-state index contributed by atoms with van der Waals surface area (Å²) in [5.74, 6) is 1.33. The molecule has 0 amide bonds. The lowest BCUT2D eigenvalue weighted by Crippen LogP contribution is -2.24. The van der Waals surface area contributed by atoms with Gasteiger partial charge in [-0.1, -0.05) is 29.0 Å². The van der Waals surface area contributed by atoms with Gasteiger partial charge in [0.1, 0.15) is 5.01 Å². The summed E-state index contributed by atoms with van der Waals surface area (Å²) in [6.45, 7) is 3.88. The van der Waals surface area contributed by atoms with Crippen molar-refractivity contribution in [3.63, 3.8) is 0 Å². The van der Waals surface area contributed by atoms with Crippen molar-refractivity contribution in [1.29, 1.82) is 0 Å². The lowest BCUT2D eigenvalue weighted by Gasteiger charge is -2.08. The van der Waals surface area contributed by atoms with Crippen LogP contribution in [0.3, 0.4) is 0 Å². The molecule has 0 radical (unpaired) electrons. The van der Waals surface area contributed by atoms with E-state index in [1.807, 2.05) is 13.0 Å². The topological polar surface area (TPSA) is 89.2 Å². The second-order valence-corrected chi connectivity index (χ2v) is 8.89. The first kappa shape index (κ1) is 15.7. The van der Waals surface area contributed by atoms with Gasteiger partial charge in [0.2, 0.25) is 15.0 Å². The molecule has 0 saturated heterocycles. The molecule has 2 aromatic heterocycles. The lowest BCUT2D eigenvalue weighted by atomic mass is 10.2. The molecule has 126 valence electrons. The van der Waals surface area contributed by atoms with Gasteiger partial charge in [0.05, 0.1) is 11.4 Å². The van der Waals surface area contributed by atoms with Crippen molar-refractivity contribution >= 4 is 26.3 Å². The van der Waals surface area contributed by atoms with Crippen molar-refractivity contribution in [1.82, 2.24) is 24.5 Å². The Balaban J connectivity index is 1.55. The average molecular weight is 363 g/mol. The highest BCUT2D eigenvalue weighted by molar-refractivity contribution is 7.89. The normalized spacial score (nSPS) is 15.2. The Hall–Kier alpha value is -1.84. The fourth-order valence-electron chi connectivity index (χ4n) is 2.67. The molecule has 0 bridgehead atoms. The van der Waals surface area contributed by atoms with Crippen LogP contribution in [0.1, 0.15) is 40.7 Å². The Morgan fingerprint density at radius 3 is 2.79 bits per heavy atom. The number of fused-ring (bicyclic) bond motifs is 1. The predicted octanol–water partition coefficient (Wildman–Crippen LogP) is 2.16. The van der Waals surface area contributed by atoms with E-state index in [2.05, 4.69) is 20.0 Å². The average Bonchev–Trinajstić information content (AvgIpc) is 3.15. The van der Waals surface area contributed by atoms with E-state index >= 15 is 0 Å². The van der Waals surface area contributed by atoms with Crippen molar-refractivity contribution in [3.05, 3.63) is 40.2 Å². The molecule has 1 aliphatic rings. The van der Waals surface area contributed by atoms with Gasteiger partial charge in [-0.05, 0) is 38.3 Å². The SMILES string of the molecule is Cc1ccc(S(=O)(=O)NCc2nn3c(C4CC4)nnc3s2)c(C)c1. The molecule has 0 atom stereocenters. The Bertz CT molecular complexity index is 1020. The number of hydrogen-bond acceptors (Lipinski definition) is 6. The molecule has 7 nitrogen and oxygen atoms in total. The second-order valence-electron chi connectivity index (χ2n) is 6.12. The van der Waals surface area contributed by atoms with Gasteiger partial charge in [0.25, 0.3) is 0 Å². The zero-order valence-electron chi connectivity index (χ0n) is 13.4. The van der Waals surface area contributed by atoms with Gasteiger partial charge in [-0.2, -0.15) is 9.61 Å². The first-order chi connectivity index (χ1) is 11.4. The van der Waals surface area contributed by atoms with Crippen molar-refractivity contribution < 1.29 is 8.42 Å². The number of nitrogens with one attached hydrogen (secondary N) is 1. The molecule has 1 aromatic carbocycles. The third kappa shape index (κ3) is 2.83. The van der Waals surface area contributed by atoms with Gasteiger partial charge in [-0.25, -0.2) is 13.1 Å². The van der Waals surface area contributed by atoms with Crippen LogP contribution in [-0.2, 0) is 16.6 Å². The fraction of sp³-hybridized carbons (Fsp3) is 0.400. The lowest BCUT2D eigenvalue weighted by molar-refractivity contribution is 0.580. The van der Waals surface area contributed by atoms with Crippen LogP contribution in [0.5, 0.6) is 0 Å². The van der Waals surface area contributed by atoms with E-state index in [1.54, 1.807) is 23.6 Å². The minimum Gasteiger partial charge on any atom is -0.207 e. The summed E-state index contributed by atoms with van der Waals surface area (Å²) in [6.07, 6.45) is 2.24. The first-order valence-electron chi connectivity index (χ1n) is 7.72. The Kier molecular flexibility index (Phi) is 3.66. The van der Waals surface area contributed by atoms with Crippen molar-refractivity contribution in [3.8, 4) is 0 Å². The molecule has 4 rings (SSSR count). The number of aryl methyl sites for hydroxylation is 2. The van der Waals surface area contributed by atoms with E-state index in [-0.39, 0.29) is 6.54 Å². The van der Waals surface area contributed by atoms with Gasteiger partial charge in [0.15, 0.2) is 5.82 Å². The molecule has 1 aliphatic carbocycles. The number of rotatable bonds is 5. The van der Waals surface area contributed by atoms with Crippen LogP contribution in [-0.4, -0.2) is 28.2 Å². The molecule has 2 heterocycles. The second kappa shape index (κ2) is 5.61. The summed E-state index contributed by atoms with van der Waals surface area (Å²) in [4.78, 5) is 1.01. The molecular formula is C15H17N5O2S2. The van der Waals surface area contributed by atoms with Gasteiger partial charge < -0.3 is 0 Å². The van der Waals surface area contributed by atoms with E-state index in [9.17, 15) is 8.42 Å². The molecular weight excluding hydrogens is 346 g/mol. The van der Waals surface area contributed by atoms with Crippen LogP contribution in [0, 0.1) is 13.8 Å². The fourth-order valence-corrected chi connectivity index (χ4v) is 4.76. The third-order valence-electron chi connectivity index (χ3n) is 4.03. The summed E-state index contributed by atoms with van der Waals surface area (Å²) >= 11 is 1.36. The smallest absolute Gasteiger partial charge is 0.207 e. The zero-order chi connectivity index (χ0) is 16.9. The molecule has 9 heteroatoms. The maximum absolute atomic E-state index is 12.5. The highest BCUT2D eigenvalue weighted by Crippen LogP contribution is 2.39. The highest BCUT2D eigenvalue weighted by atomic mass is 32.2. The van der Waals surface area contributed by atoms with Gasteiger partial charge >= 0.3 is 0 Å². The molecule has 0 aliphatic heterocycles. The molecule has 3 aromatic rings. The molecule has 1 fully saturated rings. The summed E-state index contributed by atoms with van der Waals surface area (Å²) in [6, 6.07) is 5.29. The molecule has 1 N–H and O–H groups in total. The van der Waals surface area contributed by atoms with E-state index in [1.165, 1.54) is 11.3 Å². The van der Waals surface area contributed by atoms with Crippen LogP contribution in [0.2, 0.25) is 0 Å². The van der Waals surface area contributed by atoms with E-state index < -0.39 is 10.0 Å². The summed E-state index contributed by atoms with van der Waals surface area (Å²) in [7, 11) is -3.57. The van der Waals surface area contributed by atoms with E-state index in [0.29, 0.717) is 20.8 Å². The number of nitrogens with zero attached hydrogens (tertiary/aromatic N) is 4. The van der Waals surface area contributed by atoms with Crippen molar-refractivity contribution in [2.45, 2.75) is 44.0 Å². The van der Waals surface area contributed by atoms with Gasteiger partial charge in [-0.3, -0.25) is 0 Å². The maximum atomic E-state index is 12.5. The van der Waals surface area contributed by atoms with Crippen molar-refractivity contribution in [2.24, 2.45) is 0 Å². The first-order valence-corrected chi connectivity index (χ1v) is 10.0. The Morgan fingerprint density at radius 2 is 2.08 bits per heavy atom. The van der Waals surface area contributed by atoms with Crippen molar-refractivity contribution in [2.75, 3.05) is 0 Å². The summed E-state index contributed by atoms with van der Waals surface area (Å²) in [5, 5.41) is 13.4. The standard InChI is InChI=1S/C15H17N5O2S2/c1-9-3-6-12(10(2)7-9)24(21,22)16-8-13-19-20-14(11-4-5-11)17-18-15(20)23-13/h3,6-7,11,16H,4-5,8H2,1-2H3. The summed E-state index contributed by atoms with van der Waals surface area (Å²) < 4.78 is 29.4. The van der Waals surface area contributed by atoms with Crippen LogP contribution in [0.25, 0.3) is 4.96 Å². The number of aromatic nitrogens is 4. The molecule has 0 spiro atoms. The van der Waals surface area contributed by atoms with Crippen LogP contribution >= 0.6 is 11.3 Å². The zero-order valence-corrected chi connectivity index (χ0v) is 15.0. The largest absolute Gasteiger partial charge is 0.241 e. The highest BCUT2D eigenvalue weighted by Gasteiger charge is 2.30. The van der Waals surface area contributed by atoms with Gasteiger partial charge in [-0.15, -0.1) is 10.2 Å². The van der Waals surface area contributed by atoms with E-state index in [0.717, 1.165) is 29.8 Å². The quantitative estimate of drug-likeness (QED) is 0.750. The monoisotopic (exact) mass is 363 g/mol. The number of sulfonamides is 1. The Morgan fingerprint density at radius 1 is 1.29 bits per heavy atom. The summed E-state index contributed by atoms with van der Waals surface area (Å²) in [5.41, 5.74) is 1.77. The van der Waals surface area contributed by atoms with Crippen LogP contribution < -0.4 is 4.72 Å². The predicted molar refractivity (Wildman–Crippen MR) is 90.6 cm³/mol. The maximum Gasteiger partial charge on any atom is 0.241 e. The van der Waals surface area contributed by atoms with Gasteiger partial charge in [0, 0.05) is 5.92 Å². The minimum atomic E-state index is -3.57. The number of benzene rings is 1. The molecule has 1 saturated carbocycles. The third-order valence-corrected chi connectivity index (χ3v) is 6.49. The van der Waals surface area contributed by atoms with Crippen LogP contribution in [0.4, 0.5) is 0 Å². The number of hydrogen-bond donors (Lipinski definition) is 1. The molecule has 0 unspecified atom stereocenters. The minimum absolute atomic E-state index is 0.147. The molecule has 24 heavy (non-hydrogen) atoms. The Labute approximate surface area is 143 Å². The van der Waals surface area contributed by atoms with Crippen LogP contribution in [0.15, 0.2) is 23.1 Å².